The molecule has 0 N–H and O–H groups in total. The molecule has 0 fully saturated rings. The zero-order valence-electron chi connectivity index (χ0n) is 9.11. The molecule has 0 heterocycles. The van der Waals surface area contributed by atoms with Crippen molar-refractivity contribution in [2.45, 2.75) is 6.92 Å². The maximum Gasteiger partial charge on any atom is 0.119 e. The predicted molar refractivity (Wildman–Crippen MR) is 62.8 cm³/mol. The van der Waals surface area contributed by atoms with Crippen molar-refractivity contribution in [2.24, 2.45) is 0 Å². The summed E-state index contributed by atoms with van der Waals surface area (Å²) in [4.78, 5) is 0. The molecule has 81 valence electrons. The fraction of sp³-hybridized carbons (Fsp3) is 0.308. The fourth-order valence-electron chi connectivity index (χ4n) is 1.17. The van der Waals surface area contributed by atoms with Crippen molar-refractivity contribution in [3.8, 4) is 5.75 Å². The molecule has 0 spiro atoms. The first-order chi connectivity index (χ1) is 7.36. The second kappa shape index (κ2) is 7.07. The van der Waals surface area contributed by atoms with E-state index in [1.54, 1.807) is 6.08 Å². The fourth-order valence-corrected chi connectivity index (χ4v) is 1.17. The molecule has 1 aromatic rings. The second-order valence-electron chi connectivity index (χ2n) is 3.02. The quantitative estimate of drug-likeness (QED) is 0.665. The minimum Gasteiger partial charge on any atom is -0.491 e. The van der Waals surface area contributed by atoms with Crippen LogP contribution >= 0.6 is 0 Å². The lowest BCUT2D eigenvalue weighted by Crippen LogP contribution is -2.06. The lowest BCUT2D eigenvalue weighted by molar-refractivity contribution is 0.110. The highest BCUT2D eigenvalue weighted by molar-refractivity contribution is 5.50. The van der Waals surface area contributed by atoms with Gasteiger partial charge in [-0.15, -0.1) is 0 Å². The average Bonchev–Trinajstić information content (AvgIpc) is 2.27. The molecule has 0 aliphatic heterocycles. The van der Waals surface area contributed by atoms with E-state index in [4.69, 9.17) is 9.47 Å². The molecule has 2 heteroatoms. The van der Waals surface area contributed by atoms with Crippen LogP contribution in [-0.4, -0.2) is 19.8 Å². The van der Waals surface area contributed by atoms with E-state index in [0.29, 0.717) is 13.2 Å². The molecular weight excluding hydrogens is 188 g/mol. The maximum absolute atomic E-state index is 5.48. The monoisotopic (exact) mass is 205 g/mol. The Kier molecular flexibility index (Phi) is 5.56. The van der Waals surface area contributed by atoms with Gasteiger partial charge in [0.1, 0.15) is 12.4 Å². The number of hydrogen-bond acceptors (Lipinski definition) is 2. The minimum absolute atomic E-state index is 0.596. The van der Waals surface area contributed by atoms with E-state index in [-0.39, 0.29) is 0 Å². The molecule has 15 heavy (non-hydrogen) atoms. The van der Waals surface area contributed by atoms with Crippen LogP contribution in [0.3, 0.4) is 0 Å². The van der Waals surface area contributed by atoms with Crippen LogP contribution in [0, 0.1) is 6.92 Å². The van der Waals surface area contributed by atoms with E-state index in [0.717, 1.165) is 17.9 Å². The van der Waals surface area contributed by atoms with Gasteiger partial charge in [0.05, 0.1) is 6.61 Å². The average molecular weight is 205 g/mol. The van der Waals surface area contributed by atoms with Gasteiger partial charge in [0.2, 0.25) is 0 Å². The Bertz CT molecular complexity index is 288. The summed E-state index contributed by atoms with van der Waals surface area (Å²) in [6, 6.07) is 7.89. The summed E-state index contributed by atoms with van der Waals surface area (Å²) in [6.45, 7) is 7.58. The smallest absolute Gasteiger partial charge is 0.119 e. The molecule has 0 aliphatic rings. The van der Waals surface area contributed by atoms with Gasteiger partial charge in [0.15, 0.2) is 0 Å². The topological polar surface area (TPSA) is 18.5 Å². The molecule has 2 nitrogen and oxygen atoms in total. The summed E-state index contributed by atoms with van der Waals surface area (Å²) >= 11 is 0. The summed E-state index contributed by atoms with van der Waals surface area (Å²) in [5.74, 6) is 0.871. The first-order valence-corrected chi connectivity index (χ1v) is 5.13. The first-order valence-electron chi connectivity index (χ1n) is 5.13. The lowest BCUT2D eigenvalue weighted by atomic mass is 10.2. The molecule has 1 radical (unpaired) electrons. The van der Waals surface area contributed by atoms with Crippen LogP contribution < -0.4 is 4.74 Å². The van der Waals surface area contributed by atoms with Crippen molar-refractivity contribution in [2.75, 3.05) is 19.8 Å². The maximum atomic E-state index is 5.48. The Morgan fingerprint density at radius 1 is 1.20 bits per heavy atom. The van der Waals surface area contributed by atoms with Gasteiger partial charge in [-0.1, -0.05) is 24.3 Å². The molecule has 0 aromatic heterocycles. The molecule has 0 atom stereocenters. The van der Waals surface area contributed by atoms with Crippen LogP contribution in [0.5, 0.6) is 5.75 Å². The van der Waals surface area contributed by atoms with E-state index in [9.17, 15) is 0 Å². The second-order valence-corrected chi connectivity index (χ2v) is 3.02. The number of benzene rings is 1. The van der Waals surface area contributed by atoms with E-state index in [1.165, 1.54) is 0 Å². The van der Waals surface area contributed by atoms with Gasteiger partial charge in [0, 0.05) is 6.61 Å². The van der Waals surface area contributed by atoms with Crippen LogP contribution in [0.25, 0.3) is 6.08 Å². The normalized spacial score (nSPS) is 10.8. The van der Waals surface area contributed by atoms with Gasteiger partial charge in [-0.3, -0.25) is 0 Å². The third kappa shape index (κ3) is 4.66. The van der Waals surface area contributed by atoms with E-state index in [2.05, 4.69) is 6.92 Å². The van der Waals surface area contributed by atoms with Gasteiger partial charge in [-0.2, -0.15) is 0 Å². The predicted octanol–water partition coefficient (Wildman–Crippen LogP) is 2.95. The van der Waals surface area contributed by atoms with Crippen LogP contribution in [0.1, 0.15) is 12.5 Å². The minimum atomic E-state index is 0.596. The molecule has 0 bridgehead atoms. The van der Waals surface area contributed by atoms with Gasteiger partial charge in [0.25, 0.3) is 0 Å². The van der Waals surface area contributed by atoms with Gasteiger partial charge in [-0.05, 0) is 31.5 Å². The van der Waals surface area contributed by atoms with Crippen LogP contribution in [0.4, 0.5) is 0 Å². The Balaban J connectivity index is 2.36. The lowest BCUT2D eigenvalue weighted by Gasteiger charge is -2.06. The molecule has 0 aliphatic carbocycles. The summed E-state index contributed by atoms with van der Waals surface area (Å²) in [7, 11) is 0. The van der Waals surface area contributed by atoms with E-state index in [1.807, 2.05) is 37.3 Å². The van der Waals surface area contributed by atoms with Crippen LogP contribution in [-0.2, 0) is 4.74 Å². The molecular formula is C13H17O2. The summed E-state index contributed by atoms with van der Waals surface area (Å²) in [5.41, 5.74) is 1.13. The van der Waals surface area contributed by atoms with Gasteiger partial charge in [-0.25, -0.2) is 0 Å². The Labute approximate surface area is 91.5 Å². The Morgan fingerprint density at radius 2 is 1.93 bits per heavy atom. The van der Waals surface area contributed by atoms with Crippen LogP contribution in [0.15, 0.2) is 30.3 Å². The zero-order valence-corrected chi connectivity index (χ0v) is 9.11. The van der Waals surface area contributed by atoms with Gasteiger partial charge >= 0.3 is 0 Å². The SMILES string of the molecule is [CH2]C=Cc1ccc(OCCOCC)cc1. The zero-order chi connectivity index (χ0) is 10.9. The first kappa shape index (κ1) is 11.8. The molecule has 0 saturated carbocycles. The highest BCUT2D eigenvalue weighted by Crippen LogP contribution is 2.12. The number of rotatable bonds is 6. The van der Waals surface area contributed by atoms with E-state index >= 15 is 0 Å². The molecule has 0 amide bonds. The van der Waals surface area contributed by atoms with Crippen molar-refractivity contribution >= 4 is 6.08 Å². The van der Waals surface area contributed by atoms with Crippen molar-refractivity contribution in [1.82, 2.24) is 0 Å². The van der Waals surface area contributed by atoms with Gasteiger partial charge < -0.3 is 9.47 Å². The molecule has 0 saturated heterocycles. The van der Waals surface area contributed by atoms with Crippen molar-refractivity contribution in [1.29, 1.82) is 0 Å². The van der Waals surface area contributed by atoms with Crippen molar-refractivity contribution in [3.63, 3.8) is 0 Å². The van der Waals surface area contributed by atoms with Crippen molar-refractivity contribution < 1.29 is 9.47 Å². The standard InChI is InChI=1S/C13H17O2/c1-3-5-12-6-8-13(9-7-12)15-11-10-14-4-2/h3,5-9H,1,4,10-11H2,2H3. The largest absolute Gasteiger partial charge is 0.491 e. The third-order valence-electron chi connectivity index (χ3n) is 1.89. The summed E-state index contributed by atoms with van der Waals surface area (Å²) < 4.78 is 10.6. The molecule has 1 aromatic carbocycles. The highest BCUT2D eigenvalue weighted by Gasteiger charge is 1.93. The highest BCUT2D eigenvalue weighted by atomic mass is 16.5. The Morgan fingerprint density at radius 3 is 2.53 bits per heavy atom. The molecule has 0 unspecified atom stereocenters. The van der Waals surface area contributed by atoms with E-state index < -0.39 is 0 Å². The number of ether oxygens (including phenoxy) is 2. The van der Waals surface area contributed by atoms with Crippen molar-refractivity contribution in [3.05, 3.63) is 42.8 Å². The van der Waals surface area contributed by atoms with Crippen LogP contribution in [0.2, 0.25) is 0 Å². The molecule has 1 rings (SSSR count). The Hall–Kier alpha value is -1.28. The summed E-state index contributed by atoms with van der Waals surface area (Å²) in [6.07, 6.45) is 3.72. The third-order valence-corrected chi connectivity index (χ3v) is 1.89. The number of hydrogen-bond donors (Lipinski definition) is 0. The summed E-state index contributed by atoms with van der Waals surface area (Å²) in [5, 5.41) is 0. The number of allylic oxidation sites excluding steroid dienone is 1.